The van der Waals surface area contributed by atoms with Gasteiger partial charge in [-0.05, 0) is 94.6 Å². The molecule has 0 radical (unpaired) electrons. The fraction of sp³-hybridized carbons (Fsp3) is 0.357. The molecule has 4 heterocycles. The summed E-state index contributed by atoms with van der Waals surface area (Å²) in [5.41, 5.74) is 3.61. The Labute approximate surface area is 326 Å². The smallest absolute Gasteiger partial charge is 0.410 e. The van der Waals surface area contributed by atoms with Crippen LogP contribution in [0.25, 0.3) is 11.3 Å². The monoisotopic (exact) mass is 764 g/mol. The normalized spacial score (nSPS) is 16.5. The van der Waals surface area contributed by atoms with Crippen LogP contribution in [0.3, 0.4) is 0 Å². The third-order valence-electron chi connectivity index (χ3n) is 10.0. The number of fused-ring (bicyclic) bond motifs is 2. The minimum absolute atomic E-state index is 0.166. The van der Waals surface area contributed by atoms with Crippen molar-refractivity contribution in [1.82, 2.24) is 19.8 Å². The molecule has 1 fully saturated rings. The molecule has 2 aliphatic rings. The zero-order valence-corrected chi connectivity index (χ0v) is 32.8. The van der Waals surface area contributed by atoms with Gasteiger partial charge >= 0.3 is 6.09 Å². The minimum Gasteiger partial charge on any atom is -0.497 e. The van der Waals surface area contributed by atoms with Gasteiger partial charge in [0.2, 0.25) is 5.91 Å². The summed E-state index contributed by atoms with van der Waals surface area (Å²) in [6.45, 7) is 12.5. The lowest BCUT2D eigenvalue weighted by Crippen LogP contribution is -2.58. The molecule has 294 valence electrons. The molecule has 0 bridgehead atoms. The number of benzene rings is 2. The van der Waals surface area contributed by atoms with Crippen molar-refractivity contribution in [3.8, 4) is 28.5 Å². The van der Waals surface area contributed by atoms with Gasteiger partial charge in [-0.2, -0.15) is 0 Å². The zero-order chi connectivity index (χ0) is 40.4. The largest absolute Gasteiger partial charge is 0.497 e. The van der Waals surface area contributed by atoms with Crippen LogP contribution >= 0.6 is 0 Å². The van der Waals surface area contributed by atoms with Gasteiger partial charge in [0.25, 0.3) is 11.8 Å². The Kier molecular flexibility index (Phi) is 11.1. The van der Waals surface area contributed by atoms with Crippen molar-refractivity contribution >= 4 is 35.3 Å². The molecule has 14 heteroatoms. The number of amides is 4. The second kappa shape index (κ2) is 15.8. The fourth-order valence-electron chi connectivity index (χ4n) is 7.39. The number of rotatable bonds is 10. The van der Waals surface area contributed by atoms with Crippen molar-refractivity contribution in [1.29, 1.82) is 0 Å². The number of hydrogen-bond acceptors (Lipinski definition) is 9. The summed E-state index contributed by atoms with van der Waals surface area (Å²) in [6.07, 6.45) is 3.72. The number of anilines is 2. The van der Waals surface area contributed by atoms with Gasteiger partial charge in [0.1, 0.15) is 28.7 Å². The lowest BCUT2D eigenvalue weighted by atomic mass is 9.73. The van der Waals surface area contributed by atoms with E-state index in [4.69, 9.17) is 18.9 Å². The Morgan fingerprint density at radius 2 is 1.75 bits per heavy atom. The highest BCUT2D eigenvalue weighted by atomic mass is 16.6. The summed E-state index contributed by atoms with van der Waals surface area (Å²) in [4.78, 5) is 64.8. The van der Waals surface area contributed by atoms with Crippen LogP contribution in [0.15, 0.2) is 67.4 Å². The van der Waals surface area contributed by atoms with Gasteiger partial charge in [-0.1, -0.05) is 6.58 Å². The zero-order valence-electron chi connectivity index (χ0n) is 32.8. The second-order valence-corrected chi connectivity index (χ2v) is 15.0. The van der Waals surface area contributed by atoms with Crippen LogP contribution in [0.5, 0.6) is 17.2 Å². The van der Waals surface area contributed by atoms with E-state index in [1.807, 2.05) is 50.8 Å². The van der Waals surface area contributed by atoms with E-state index in [2.05, 4.69) is 27.2 Å². The Bertz CT molecular complexity index is 2190. The molecule has 4 amide bonds. The van der Waals surface area contributed by atoms with E-state index in [0.29, 0.717) is 65.8 Å². The number of carbonyl (C=O) groups excluding carboxylic acids is 4. The molecule has 3 N–H and O–H groups in total. The number of ether oxygens (including phenoxy) is 4. The van der Waals surface area contributed by atoms with Crippen LogP contribution < -0.4 is 24.8 Å². The van der Waals surface area contributed by atoms with Crippen molar-refractivity contribution in [2.75, 3.05) is 51.6 Å². The first kappa shape index (κ1) is 39.4. The molecule has 14 nitrogen and oxygen atoms in total. The molecular weight excluding hydrogens is 716 g/mol. The van der Waals surface area contributed by atoms with E-state index in [0.717, 1.165) is 29.3 Å². The maximum atomic E-state index is 14.5. The standard InChI is InChI=1S/C42H48N6O8/c1-9-36(49)44-32-18-27(11-12-33(32)54-7)38(50)46-35-19-26(13-15-43-35)31-21-29-37(45-31)42(14-10-16-47(23-42)40(52)56-41(3,4)5)24-48(39(29)51)22-30-25(2)17-28(53-6)20-34(30)55-8/h9,11-13,15,17-21,45H,1,10,14,16,22-24H2,2-8H3,(H,44,49)(H,43,46,50). The summed E-state index contributed by atoms with van der Waals surface area (Å²) < 4.78 is 22.4. The molecule has 4 aromatic rings. The van der Waals surface area contributed by atoms with E-state index in [1.54, 1.807) is 49.6 Å². The molecule has 2 aliphatic heterocycles. The molecule has 1 saturated heterocycles. The predicted molar refractivity (Wildman–Crippen MR) is 212 cm³/mol. The Balaban J connectivity index is 1.35. The van der Waals surface area contributed by atoms with Crippen molar-refractivity contribution in [2.24, 2.45) is 0 Å². The van der Waals surface area contributed by atoms with Crippen LogP contribution in [0, 0.1) is 6.92 Å². The average molecular weight is 765 g/mol. The predicted octanol–water partition coefficient (Wildman–Crippen LogP) is 6.71. The number of pyridine rings is 1. The number of piperidine rings is 1. The summed E-state index contributed by atoms with van der Waals surface area (Å²) in [6, 6.07) is 13.7. The molecule has 1 spiro atoms. The molecule has 0 aliphatic carbocycles. The fourth-order valence-corrected chi connectivity index (χ4v) is 7.39. The van der Waals surface area contributed by atoms with Crippen LogP contribution in [-0.2, 0) is 21.5 Å². The highest BCUT2D eigenvalue weighted by Gasteiger charge is 2.48. The maximum absolute atomic E-state index is 14.5. The Morgan fingerprint density at radius 3 is 2.45 bits per heavy atom. The number of H-pyrrole nitrogens is 1. The average Bonchev–Trinajstić information content (AvgIpc) is 3.64. The van der Waals surface area contributed by atoms with Gasteiger partial charge in [-0.15, -0.1) is 0 Å². The highest BCUT2D eigenvalue weighted by Crippen LogP contribution is 2.43. The van der Waals surface area contributed by atoms with Gasteiger partial charge < -0.3 is 44.4 Å². The van der Waals surface area contributed by atoms with Crippen LogP contribution in [0.2, 0.25) is 0 Å². The topological polar surface area (TPSA) is 164 Å². The SMILES string of the molecule is C=CC(=O)Nc1cc(C(=O)Nc2cc(-c3cc4c([nH]3)C3(CCCN(C(=O)OC(C)(C)C)C3)CN(Cc3c(C)cc(OC)cc3OC)C4=O)ccn2)ccc1OC. The van der Waals surface area contributed by atoms with Crippen molar-refractivity contribution in [2.45, 2.75) is 58.1 Å². The lowest BCUT2D eigenvalue weighted by molar-refractivity contribution is -0.111. The molecule has 56 heavy (non-hydrogen) atoms. The lowest BCUT2D eigenvalue weighted by Gasteiger charge is -2.48. The molecule has 6 rings (SSSR count). The highest BCUT2D eigenvalue weighted by molar-refractivity contribution is 6.06. The summed E-state index contributed by atoms with van der Waals surface area (Å²) in [5, 5.41) is 5.48. The van der Waals surface area contributed by atoms with E-state index >= 15 is 0 Å². The number of aromatic nitrogens is 2. The number of aromatic amines is 1. The molecule has 1 atom stereocenters. The van der Waals surface area contributed by atoms with Gasteiger partial charge in [0.05, 0.1) is 32.6 Å². The molecule has 0 saturated carbocycles. The Morgan fingerprint density at radius 1 is 0.982 bits per heavy atom. The van der Waals surface area contributed by atoms with Gasteiger partial charge in [-0.3, -0.25) is 14.4 Å². The number of hydrogen-bond donors (Lipinski definition) is 3. The van der Waals surface area contributed by atoms with E-state index in [1.165, 1.54) is 13.2 Å². The van der Waals surface area contributed by atoms with E-state index < -0.39 is 28.9 Å². The summed E-state index contributed by atoms with van der Waals surface area (Å²) in [5.74, 6) is 0.837. The van der Waals surface area contributed by atoms with Crippen LogP contribution in [0.1, 0.15) is 71.1 Å². The van der Waals surface area contributed by atoms with E-state index in [9.17, 15) is 19.2 Å². The first-order chi connectivity index (χ1) is 26.7. The number of likely N-dealkylation sites (tertiary alicyclic amines) is 1. The van der Waals surface area contributed by atoms with Gasteiger partial charge in [-0.25, -0.2) is 9.78 Å². The minimum atomic E-state index is -0.672. The maximum Gasteiger partial charge on any atom is 0.410 e. The Hall–Kier alpha value is -6.31. The molecular formula is C42H48N6O8. The van der Waals surface area contributed by atoms with Gasteiger partial charge in [0.15, 0.2) is 0 Å². The number of carbonyl (C=O) groups is 4. The molecule has 2 aromatic carbocycles. The second-order valence-electron chi connectivity index (χ2n) is 15.0. The third kappa shape index (κ3) is 8.19. The van der Waals surface area contributed by atoms with Crippen molar-refractivity contribution in [3.63, 3.8) is 0 Å². The number of methoxy groups -OCH3 is 3. The number of nitrogens with one attached hydrogen (secondary N) is 3. The first-order valence-corrected chi connectivity index (χ1v) is 18.3. The summed E-state index contributed by atoms with van der Waals surface area (Å²) in [7, 11) is 4.65. The number of aryl methyl sites for hydroxylation is 1. The van der Waals surface area contributed by atoms with Crippen molar-refractivity contribution in [3.05, 3.63) is 95.3 Å². The molecule has 2 aromatic heterocycles. The van der Waals surface area contributed by atoms with Gasteiger partial charge in [0, 0.05) is 71.9 Å². The number of nitrogens with zero attached hydrogens (tertiary/aromatic N) is 3. The molecule has 1 unspecified atom stereocenters. The van der Waals surface area contributed by atoms with Crippen LogP contribution in [-0.4, -0.2) is 90.1 Å². The first-order valence-electron chi connectivity index (χ1n) is 18.3. The van der Waals surface area contributed by atoms with E-state index in [-0.39, 0.29) is 23.8 Å². The quantitative estimate of drug-likeness (QED) is 0.149. The van der Waals surface area contributed by atoms with Crippen LogP contribution in [0.4, 0.5) is 16.3 Å². The summed E-state index contributed by atoms with van der Waals surface area (Å²) >= 11 is 0. The van der Waals surface area contributed by atoms with Crippen molar-refractivity contribution < 1.29 is 38.1 Å². The third-order valence-corrected chi connectivity index (χ3v) is 10.0.